The first kappa shape index (κ1) is 42.3. The number of halogens is 3. The summed E-state index contributed by atoms with van der Waals surface area (Å²) in [4.78, 5) is 63.1. The second-order valence-corrected chi connectivity index (χ2v) is 13.9. The minimum absolute atomic E-state index is 0.0901. The Balaban J connectivity index is 0.000000876. The van der Waals surface area contributed by atoms with Crippen molar-refractivity contribution in [2.75, 3.05) is 11.5 Å². The van der Waals surface area contributed by atoms with Gasteiger partial charge in [0, 0.05) is 24.1 Å². The summed E-state index contributed by atoms with van der Waals surface area (Å²) in [6.07, 6.45) is -2.45. The number of nitrogens with two attached hydrogens (primary N) is 2. The molecular formula is C40H47F3N4O8. The summed E-state index contributed by atoms with van der Waals surface area (Å²) in [6, 6.07) is 21.2. The van der Waals surface area contributed by atoms with Crippen LogP contribution < -0.4 is 21.7 Å². The van der Waals surface area contributed by atoms with E-state index in [1.54, 1.807) is 45.0 Å². The highest BCUT2D eigenvalue weighted by Gasteiger charge is 2.38. The Kier molecular flexibility index (Phi) is 14.4. The van der Waals surface area contributed by atoms with Gasteiger partial charge in [-0.15, -0.1) is 0 Å². The number of nitrogens with zero attached hydrogens (tertiary/aromatic N) is 1. The molecule has 0 aliphatic heterocycles. The fourth-order valence-corrected chi connectivity index (χ4v) is 6.72. The molecular weight excluding hydrogens is 721 g/mol. The van der Waals surface area contributed by atoms with Crippen LogP contribution in [0, 0.1) is 5.92 Å². The lowest BCUT2D eigenvalue weighted by molar-refractivity contribution is -0.192. The van der Waals surface area contributed by atoms with Gasteiger partial charge < -0.3 is 31.4 Å². The van der Waals surface area contributed by atoms with E-state index in [2.05, 4.69) is 17.4 Å². The maximum atomic E-state index is 14.3. The Hall–Kier alpha value is -5.44. The van der Waals surface area contributed by atoms with Crippen LogP contribution in [0.1, 0.15) is 75.5 Å². The van der Waals surface area contributed by atoms with Gasteiger partial charge in [0.1, 0.15) is 24.8 Å². The molecule has 55 heavy (non-hydrogen) atoms. The van der Waals surface area contributed by atoms with Crippen LogP contribution in [0.25, 0.3) is 11.1 Å². The van der Waals surface area contributed by atoms with E-state index >= 15 is 0 Å². The number of para-hydroxylation sites is 1. The Morgan fingerprint density at radius 1 is 0.873 bits per heavy atom. The summed E-state index contributed by atoms with van der Waals surface area (Å²) in [5, 5.41) is 9.89. The number of carboxylic acid groups (broad SMARTS) is 1. The van der Waals surface area contributed by atoms with Gasteiger partial charge in [0.2, 0.25) is 5.91 Å². The summed E-state index contributed by atoms with van der Waals surface area (Å²) in [6.45, 7) is 5.25. The monoisotopic (exact) mass is 768 g/mol. The zero-order chi connectivity index (χ0) is 40.4. The van der Waals surface area contributed by atoms with Gasteiger partial charge in [-0.05, 0) is 78.8 Å². The molecule has 3 aromatic carbocycles. The highest BCUT2D eigenvalue weighted by molar-refractivity contribution is 6.04. The first-order valence-corrected chi connectivity index (χ1v) is 18.1. The van der Waals surface area contributed by atoms with Crippen LogP contribution in [0.4, 0.5) is 23.7 Å². The zero-order valence-corrected chi connectivity index (χ0v) is 30.9. The Morgan fingerprint density at radius 3 is 1.93 bits per heavy atom. The molecule has 0 unspecified atom stereocenters. The van der Waals surface area contributed by atoms with Crippen molar-refractivity contribution in [1.82, 2.24) is 5.32 Å². The highest BCUT2D eigenvalue weighted by atomic mass is 19.4. The van der Waals surface area contributed by atoms with Crippen LogP contribution in [0.3, 0.4) is 0 Å². The van der Waals surface area contributed by atoms with E-state index in [-0.39, 0.29) is 49.4 Å². The number of esters is 1. The van der Waals surface area contributed by atoms with Gasteiger partial charge in [0.25, 0.3) is 5.91 Å². The van der Waals surface area contributed by atoms with Gasteiger partial charge in [-0.3, -0.25) is 19.3 Å². The van der Waals surface area contributed by atoms with E-state index in [1.165, 1.54) is 4.90 Å². The lowest BCUT2D eigenvalue weighted by Gasteiger charge is -2.34. The van der Waals surface area contributed by atoms with Gasteiger partial charge in [0.05, 0.1) is 0 Å². The summed E-state index contributed by atoms with van der Waals surface area (Å²) < 4.78 is 43.2. The number of ether oxygens (including phenoxy) is 2. The Bertz CT molecular complexity index is 1800. The number of nitrogens with one attached hydrogen (secondary N) is 1. The molecule has 1 fully saturated rings. The van der Waals surface area contributed by atoms with Crippen molar-refractivity contribution in [2.45, 2.75) is 95.6 Å². The third kappa shape index (κ3) is 11.1. The molecule has 0 aromatic heterocycles. The summed E-state index contributed by atoms with van der Waals surface area (Å²) in [7, 11) is 0. The fourth-order valence-electron chi connectivity index (χ4n) is 6.72. The number of carbonyl (C=O) groups excluding carboxylic acids is 4. The standard InChI is InChI=1S/C38H46N4O6.C2HF3O2/c1-23(2)35(41-38(46)47-22-32-30-13-7-5-11-28(30)29-12-6-8-14-31(29)32)37(45)42(24(3)36(40)44)33-15-9-4-10-25(33)16-21-34(43)48-27-19-17-26(39)18-20-27;3-2(4,5)1(6)7/h4-15,23-24,26-27,32,35H,16-22,39H2,1-3H3,(H2,40,44)(H,41,46);(H,6,7)/t24-,26-,27-,35-;/m0./s1. The number of carbonyl (C=O) groups is 5. The number of alkyl carbamates (subject to hydrolysis) is 1. The maximum Gasteiger partial charge on any atom is 0.490 e. The number of fused-ring (bicyclic) bond motifs is 3. The van der Waals surface area contributed by atoms with E-state index in [4.69, 9.17) is 30.8 Å². The predicted molar refractivity (Wildman–Crippen MR) is 198 cm³/mol. The second-order valence-electron chi connectivity index (χ2n) is 13.9. The van der Waals surface area contributed by atoms with E-state index in [9.17, 15) is 32.3 Å². The number of aryl methyl sites for hydroxylation is 1. The first-order valence-electron chi connectivity index (χ1n) is 18.1. The molecule has 2 aliphatic carbocycles. The molecule has 2 atom stereocenters. The molecule has 0 radical (unpaired) electrons. The fraction of sp³-hybridized carbons (Fsp3) is 0.425. The van der Waals surface area contributed by atoms with Crippen molar-refractivity contribution >= 4 is 35.5 Å². The quantitative estimate of drug-likeness (QED) is 0.164. The number of amides is 3. The molecule has 12 nitrogen and oxygen atoms in total. The summed E-state index contributed by atoms with van der Waals surface area (Å²) >= 11 is 0. The van der Waals surface area contributed by atoms with Crippen LogP contribution in [0.2, 0.25) is 0 Å². The van der Waals surface area contributed by atoms with Crippen LogP contribution in [-0.4, -0.2) is 72.0 Å². The van der Waals surface area contributed by atoms with Gasteiger partial charge in [-0.25, -0.2) is 9.59 Å². The number of benzene rings is 3. The Morgan fingerprint density at radius 2 is 1.40 bits per heavy atom. The second kappa shape index (κ2) is 18.7. The largest absolute Gasteiger partial charge is 0.490 e. The van der Waals surface area contributed by atoms with Gasteiger partial charge >= 0.3 is 24.2 Å². The number of rotatable bonds is 12. The number of hydrogen-bond donors (Lipinski definition) is 4. The van der Waals surface area contributed by atoms with Gasteiger partial charge in [0.15, 0.2) is 0 Å². The molecule has 0 bridgehead atoms. The van der Waals surface area contributed by atoms with Crippen LogP contribution >= 0.6 is 0 Å². The molecule has 0 heterocycles. The van der Waals surface area contributed by atoms with Crippen molar-refractivity contribution in [3.05, 3.63) is 89.5 Å². The number of aliphatic carboxylic acids is 1. The average Bonchev–Trinajstić information content (AvgIpc) is 3.46. The van der Waals surface area contributed by atoms with Crippen molar-refractivity contribution in [3.8, 4) is 11.1 Å². The number of carboxylic acids is 1. The molecule has 2 aliphatic rings. The van der Waals surface area contributed by atoms with Crippen molar-refractivity contribution in [2.24, 2.45) is 17.4 Å². The molecule has 6 N–H and O–H groups in total. The molecule has 3 aromatic rings. The van der Waals surface area contributed by atoms with Crippen molar-refractivity contribution < 1.29 is 51.7 Å². The van der Waals surface area contributed by atoms with Gasteiger partial charge in [-0.2, -0.15) is 13.2 Å². The molecule has 5 rings (SSSR count). The normalized spacial score (nSPS) is 17.4. The van der Waals surface area contributed by atoms with E-state index < -0.39 is 42.1 Å². The minimum Gasteiger partial charge on any atom is -0.475 e. The van der Waals surface area contributed by atoms with E-state index in [1.807, 2.05) is 36.4 Å². The average molecular weight is 769 g/mol. The van der Waals surface area contributed by atoms with Crippen LogP contribution in [0.15, 0.2) is 72.8 Å². The number of anilines is 1. The topological polar surface area (TPSA) is 191 Å². The molecule has 15 heteroatoms. The highest BCUT2D eigenvalue weighted by Crippen LogP contribution is 2.44. The van der Waals surface area contributed by atoms with Gasteiger partial charge in [-0.1, -0.05) is 80.6 Å². The SMILES string of the molecule is CC(C)[C@H](NC(=O)OCC1c2ccccc2-c2ccccc21)C(=O)N(c1ccccc1CCC(=O)O[C@H]1CC[C@H](N)CC1)[C@@H](C)C(N)=O.O=C(O)C(F)(F)F. The van der Waals surface area contributed by atoms with Crippen LogP contribution in [-0.2, 0) is 35.1 Å². The molecule has 0 saturated heterocycles. The smallest absolute Gasteiger partial charge is 0.475 e. The summed E-state index contributed by atoms with van der Waals surface area (Å²) in [5.74, 6) is -4.81. The van der Waals surface area contributed by atoms with E-state index in [0.717, 1.165) is 47.9 Å². The van der Waals surface area contributed by atoms with E-state index in [0.29, 0.717) is 11.3 Å². The van der Waals surface area contributed by atoms with Crippen LogP contribution in [0.5, 0.6) is 0 Å². The van der Waals surface area contributed by atoms with Crippen molar-refractivity contribution in [3.63, 3.8) is 0 Å². The van der Waals surface area contributed by atoms with Crippen molar-refractivity contribution in [1.29, 1.82) is 0 Å². The third-order valence-electron chi connectivity index (χ3n) is 9.70. The number of alkyl halides is 3. The Labute approximate surface area is 317 Å². The molecule has 3 amide bonds. The molecule has 1 saturated carbocycles. The predicted octanol–water partition coefficient (Wildman–Crippen LogP) is 5.84. The lowest BCUT2D eigenvalue weighted by Crippen LogP contribution is -2.56. The molecule has 0 spiro atoms. The first-order chi connectivity index (χ1) is 26.0. The third-order valence-corrected chi connectivity index (χ3v) is 9.70. The lowest BCUT2D eigenvalue weighted by atomic mass is 9.94. The zero-order valence-electron chi connectivity index (χ0n) is 30.9. The number of primary amides is 1. The molecule has 296 valence electrons. The summed E-state index contributed by atoms with van der Waals surface area (Å²) in [5.41, 5.74) is 17.2. The maximum absolute atomic E-state index is 14.3. The number of hydrogen-bond acceptors (Lipinski definition) is 8. The minimum atomic E-state index is -5.08.